The van der Waals surface area contributed by atoms with Gasteiger partial charge in [0.15, 0.2) is 0 Å². The molecule has 6 atom stereocenters. The summed E-state index contributed by atoms with van der Waals surface area (Å²) in [6.07, 6.45) is 3.48. The first-order valence-electron chi connectivity index (χ1n) is 10.4. The summed E-state index contributed by atoms with van der Waals surface area (Å²) >= 11 is 0. The number of carbonyl (C=O) groups excluding carboxylic acids is 3. The number of nitrogens with one attached hydrogen (secondary N) is 2. The summed E-state index contributed by atoms with van der Waals surface area (Å²) in [5.41, 5.74) is -1.81. The van der Waals surface area contributed by atoms with E-state index in [2.05, 4.69) is 17.6 Å². The normalized spacial score (nSPS) is 38.6. The second-order valence-electron chi connectivity index (χ2n) is 8.57. The van der Waals surface area contributed by atoms with E-state index < -0.39 is 29.1 Å². The Morgan fingerprint density at radius 2 is 2.04 bits per heavy atom. The van der Waals surface area contributed by atoms with Crippen LogP contribution in [0.4, 0.5) is 0 Å². The lowest BCUT2D eigenvalue weighted by molar-refractivity contribution is -0.147. The summed E-state index contributed by atoms with van der Waals surface area (Å²) in [7, 11) is 1.55. The Bertz CT molecular complexity index is 656. The summed E-state index contributed by atoms with van der Waals surface area (Å²) in [6, 6.07) is -0.822. The van der Waals surface area contributed by atoms with Crippen LogP contribution in [0.15, 0.2) is 0 Å². The van der Waals surface area contributed by atoms with Crippen LogP contribution in [0.2, 0.25) is 0 Å². The van der Waals surface area contributed by atoms with Crippen molar-refractivity contribution < 1.29 is 24.2 Å². The van der Waals surface area contributed by atoms with Gasteiger partial charge in [0.25, 0.3) is 0 Å². The van der Waals surface area contributed by atoms with Crippen molar-refractivity contribution in [3.8, 4) is 0 Å². The number of β-amino-alcohol motifs (C(OH)–C–C–N with tert-alkyl or cyclic N) is 1. The van der Waals surface area contributed by atoms with Crippen molar-refractivity contribution in [3.05, 3.63) is 0 Å². The van der Waals surface area contributed by atoms with Crippen molar-refractivity contribution in [2.24, 2.45) is 17.8 Å². The Labute approximate surface area is 166 Å². The van der Waals surface area contributed by atoms with E-state index in [-0.39, 0.29) is 36.8 Å². The molecule has 3 N–H and O–H groups in total. The molecule has 0 aromatic carbocycles. The number of hydrogen-bond donors (Lipinski definition) is 3. The molecule has 3 amide bonds. The largest absolute Gasteiger partial charge is 0.395 e. The van der Waals surface area contributed by atoms with Crippen molar-refractivity contribution in [1.29, 1.82) is 0 Å². The van der Waals surface area contributed by atoms with Gasteiger partial charge in [0.1, 0.15) is 11.6 Å². The molecule has 0 aromatic heterocycles. The lowest BCUT2D eigenvalue weighted by Crippen LogP contribution is -2.56. The number of amides is 3. The maximum absolute atomic E-state index is 13.3. The quantitative estimate of drug-likeness (QED) is 0.503. The van der Waals surface area contributed by atoms with E-state index in [1.165, 1.54) is 4.90 Å². The van der Waals surface area contributed by atoms with Gasteiger partial charge in [-0.15, -0.1) is 0 Å². The number of rotatable bonds is 8. The SMILES string of the molecule is CCCCCNC(=O)C1N(CCO)C(=O)[C@@H]2[C@@H](C(=O)NC)[C@]3(C)OC12CC3C. The van der Waals surface area contributed by atoms with Gasteiger partial charge < -0.3 is 25.4 Å². The lowest BCUT2D eigenvalue weighted by Gasteiger charge is -2.36. The number of unbranched alkanes of at least 4 members (excludes halogenated alkanes) is 2. The smallest absolute Gasteiger partial charge is 0.245 e. The number of ether oxygens (including phenoxy) is 1. The summed E-state index contributed by atoms with van der Waals surface area (Å²) in [6.45, 7) is 6.33. The number of aliphatic hydroxyl groups is 1. The van der Waals surface area contributed by atoms with Crippen LogP contribution in [-0.2, 0) is 19.1 Å². The van der Waals surface area contributed by atoms with Gasteiger partial charge in [-0.25, -0.2) is 0 Å². The fourth-order valence-electron chi connectivity index (χ4n) is 5.63. The van der Waals surface area contributed by atoms with Crippen molar-refractivity contribution in [2.75, 3.05) is 26.7 Å². The van der Waals surface area contributed by atoms with Crippen LogP contribution < -0.4 is 10.6 Å². The third kappa shape index (κ3) is 2.84. The van der Waals surface area contributed by atoms with Crippen LogP contribution in [-0.4, -0.2) is 71.7 Å². The third-order valence-electron chi connectivity index (χ3n) is 7.01. The van der Waals surface area contributed by atoms with Crippen LogP contribution in [0.1, 0.15) is 46.5 Å². The predicted octanol–water partition coefficient (Wildman–Crippen LogP) is 0.0418. The minimum Gasteiger partial charge on any atom is -0.395 e. The lowest BCUT2D eigenvalue weighted by atomic mass is 9.62. The maximum atomic E-state index is 13.3. The van der Waals surface area contributed by atoms with Gasteiger partial charge in [-0.1, -0.05) is 26.7 Å². The average Bonchev–Trinajstić information content (AvgIpc) is 3.16. The zero-order valence-corrected chi connectivity index (χ0v) is 17.3. The van der Waals surface area contributed by atoms with Gasteiger partial charge in [0.05, 0.1) is 24.0 Å². The van der Waals surface area contributed by atoms with Crippen LogP contribution in [0.3, 0.4) is 0 Å². The molecule has 3 unspecified atom stereocenters. The topological polar surface area (TPSA) is 108 Å². The molecule has 0 radical (unpaired) electrons. The fraction of sp³-hybridized carbons (Fsp3) is 0.850. The molecule has 8 heteroatoms. The molecule has 3 saturated heterocycles. The van der Waals surface area contributed by atoms with E-state index in [1.807, 2.05) is 13.8 Å². The second-order valence-corrected chi connectivity index (χ2v) is 8.57. The van der Waals surface area contributed by atoms with Crippen LogP contribution in [0.25, 0.3) is 0 Å². The zero-order chi connectivity index (χ0) is 20.7. The molecule has 0 saturated carbocycles. The van der Waals surface area contributed by atoms with Crippen molar-refractivity contribution >= 4 is 17.7 Å². The Hall–Kier alpha value is -1.67. The molecule has 3 aliphatic rings. The molecule has 0 aromatic rings. The highest BCUT2D eigenvalue weighted by Gasteiger charge is 2.79. The van der Waals surface area contributed by atoms with Gasteiger partial charge in [-0.05, 0) is 25.7 Å². The standard InChI is InChI=1S/C20H33N3O5/c1-5-6-7-8-22-17(26)15-20-11-12(2)19(3,28-20)13(16(25)21-4)14(20)18(27)23(15)9-10-24/h12-15,24H,5-11H2,1-4H3,(H,21,25)(H,22,26)/t12?,13-,14-,15?,19+,20?/m0/s1. The summed E-state index contributed by atoms with van der Waals surface area (Å²) in [4.78, 5) is 40.6. The van der Waals surface area contributed by atoms with Gasteiger partial charge in [0, 0.05) is 20.1 Å². The summed E-state index contributed by atoms with van der Waals surface area (Å²) in [5, 5.41) is 15.1. The van der Waals surface area contributed by atoms with E-state index in [0.29, 0.717) is 13.0 Å². The molecule has 3 aliphatic heterocycles. The van der Waals surface area contributed by atoms with E-state index in [1.54, 1.807) is 7.05 Å². The molecule has 2 bridgehead atoms. The summed E-state index contributed by atoms with van der Waals surface area (Å²) in [5.74, 6) is -2.08. The fourth-order valence-corrected chi connectivity index (χ4v) is 5.63. The maximum Gasteiger partial charge on any atom is 0.245 e. The van der Waals surface area contributed by atoms with Crippen molar-refractivity contribution in [1.82, 2.24) is 15.5 Å². The highest BCUT2D eigenvalue weighted by atomic mass is 16.5. The van der Waals surface area contributed by atoms with Crippen molar-refractivity contribution in [3.63, 3.8) is 0 Å². The molecular weight excluding hydrogens is 362 g/mol. The average molecular weight is 396 g/mol. The van der Waals surface area contributed by atoms with E-state index >= 15 is 0 Å². The Morgan fingerprint density at radius 3 is 2.64 bits per heavy atom. The number of likely N-dealkylation sites (tertiary alicyclic amines) is 1. The number of nitrogens with zero attached hydrogens (tertiary/aromatic N) is 1. The molecule has 1 spiro atoms. The first kappa shape index (κ1) is 21.0. The minimum atomic E-state index is -1.02. The highest BCUT2D eigenvalue weighted by molar-refractivity contribution is 5.99. The molecule has 8 nitrogen and oxygen atoms in total. The molecule has 28 heavy (non-hydrogen) atoms. The Balaban J connectivity index is 1.96. The summed E-state index contributed by atoms with van der Waals surface area (Å²) < 4.78 is 6.46. The monoisotopic (exact) mass is 395 g/mol. The predicted molar refractivity (Wildman–Crippen MR) is 102 cm³/mol. The Morgan fingerprint density at radius 1 is 1.32 bits per heavy atom. The number of fused-ring (bicyclic) bond motifs is 1. The number of carbonyl (C=O) groups is 3. The third-order valence-corrected chi connectivity index (χ3v) is 7.01. The molecule has 0 aliphatic carbocycles. The first-order valence-corrected chi connectivity index (χ1v) is 10.4. The van der Waals surface area contributed by atoms with Gasteiger partial charge in [-0.2, -0.15) is 0 Å². The first-order chi connectivity index (χ1) is 13.3. The van der Waals surface area contributed by atoms with Crippen LogP contribution in [0.5, 0.6) is 0 Å². The van der Waals surface area contributed by atoms with E-state index in [0.717, 1.165) is 19.3 Å². The van der Waals surface area contributed by atoms with Crippen LogP contribution in [0, 0.1) is 17.8 Å². The van der Waals surface area contributed by atoms with Gasteiger partial charge in [-0.3, -0.25) is 14.4 Å². The van der Waals surface area contributed by atoms with E-state index in [9.17, 15) is 19.5 Å². The van der Waals surface area contributed by atoms with Gasteiger partial charge in [0.2, 0.25) is 17.7 Å². The number of hydrogen-bond acceptors (Lipinski definition) is 5. The molecule has 3 rings (SSSR count). The van der Waals surface area contributed by atoms with Crippen molar-refractivity contribution in [2.45, 2.75) is 63.7 Å². The molecular formula is C20H33N3O5. The molecule has 3 fully saturated rings. The minimum absolute atomic E-state index is 0.0308. The molecule has 158 valence electrons. The zero-order valence-electron chi connectivity index (χ0n) is 17.3. The molecule has 3 heterocycles. The Kier molecular flexibility index (Phi) is 5.74. The number of aliphatic hydroxyl groups excluding tert-OH is 1. The van der Waals surface area contributed by atoms with Crippen LogP contribution >= 0.6 is 0 Å². The highest BCUT2D eigenvalue weighted by Crippen LogP contribution is 2.65. The van der Waals surface area contributed by atoms with E-state index in [4.69, 9.17) is 4.74 Å². The van der Waals surface area contributed by atoms with Gasteiger partial charge >= 0.3 is 0 Å². The second kappa shape index (κ2) is 7.63.